The second kappa shape index (κ2) is 11.7. The Morgan fingerprint density at radius 1 is 0.773 bits per heavy atom. The monoisotopic (exact) mass is 787 g/mol. The van der Waals surface area contributed by atoms with Crippen LogP contribution in [-0.2, 0) is 20.1 Å². The molecule has 4 aromatic heterocycles. The van der Waals surface area contributed by atoms with Crippen LogP contribution in [0.3, 0.4) is 0 Å². The number of aryl methyl sites for hydroxylation is 2. The number of thiazole rings is 1. The molecule has 0 fully saturated rings. The minimum Gasteiger partial charge on any atom is -0.501 e. The summed E-state index contributed by atoms with van der Waals surface area (Å²) in [5.74, 6) is 0. The Bertz CT molecular complexity index is 2590. The maximum atomic E-state index is 7.28. The standard InChI is InChI=1S/C25H12NOS2.C13H12N.Ir/c1-2-7-15-14(6-1)12-13-19-21(15)17-9-5-10-18(22(17)27-19)24-26-25-23(29-24)16-8-3-4-11-20(16)28-25;1-10-3-6-12(7-4-10)13-8-5-11(2)9-14-13;/h1-9,11-13H;3-6,8-9H,1-2H3;/q2*-1;/i;1D3,2D3;. The van der Waals surface area contributed by atoms with Crippen molar-refractivity contribution in [2.24, 2.45) is 0 Å². The number of thiophene rings is 1. The SMILES string of the molecule is [2H]C([2H])([2H])c1c[c-]c(-c2ccc(C([2H])([2H])[2H])cn2)cc1.[Ir].[c-]1ccc2c(oc3ccc4ccccc4c32)c1-c1nc2sc3ccccc3c2s1. The predicted octanol–water partition coefficient (Wildman–Crippen LogP) is 11.2. The van der Waals surface area contributed by atoms with Crippen molar-refractivity contribution in [2.45, 2.75) is 13.7 Å². The van der Waals surface area contributed by atoms with E-state index >= 15 is 0 Å². The van der Waals surface area contributed by atoms with Gasteiger partial charge in [0.25, 0.3) is 0 Å². The van der Waals surface area contributed by atoms with E-state index in [1.54, 1.807) is 34.8 Å². The molecule has 0 N–H and O–H groups in total. The molecule has 0 bridgehead atoms. The number of rotatable bonds is 2. The zero-order valence-electron chi connectivity index (χ0n) is 28.8. The molecule has 0 atom stereocenters. The van der Waals surface area contributed by atoms with E-state index in [1.165, 1.54) is 50.0 Å². The molecule has 44 heavy (non-hydrogen) atoms. The summed E-state index contributed by atoms with van der Waals surface area (Å²) in [5, 5.41) is 6.96. The van der Waals surface area contributed by atoms with E-state index in [0.29, 0.717) is 11.3 Å². The van der Waals surface area contributed by atoms with Crippen LogP contribution in [0.4, 0.5) is 0 Å². The van der Waals surface area contributed by atoms with Gasteiger partial charge in [-0.25, -0.2) is 0 Å². The number of aromatic nitrogens is 2. The van der Waals surface area contributed by atoms with Crippen molar-refractivity contribution in [1.82, 2.24) is 9.97 Å². The molecule has 9 aromatic rings. The zero-order chi connectivity index (χ0) is 33.9. The van der Waals surface area contributed by atoms with Crippen molar-refractivity contribution < 1.29 is 32.7 Å². The average molecular weight is 787 g/mol. The van der Waals surface area contributed by atoms with Crippen LogP contribution in [0.15, 0.2) is 114 Å². The molecule has 1 radical (unpaired) electrons. The fourth-order valence-corrected chi connectivity index (χ4v) is 7.66. The fraction of sp³-hybridized carbons (Fsp3) is 0.0526. The third kappa shape index (κ3) is 5.04. The molecule has 215 valence electrons. The van der Waals surface area contributed by atoms with Crippen LogP contribution < -0.4 is 0 Å². The summed E-state index contributed by atoms with van der Waals surface area (Å²) in [4.78, 5) is 10.1. The smallest absolute Gasteiger partial charge is 0.124 e. The Morgan fingerprint density at radius 2 is 1.61 bits per heavy atom. The molecule has 0 amide bonds. The minimum atomic E-state index is -2.18. The van der Waals surface area contributed by atoms with Crippen molar-refractivity contribution in [1.29, 1.82) is 0 Å². The van der Waals surface area contributed by atoms with Crippen molar-refractivity contribution in [3.05, 3.63) is 133 Å². The Morgan fingerprint density at radius 3 is 2.43 bits per heavy atom. The second-order valence-electron chi connectivity index (χ2n) is 10.0. The predicted molar refractivity (Wildman–Crippen MR) is 182 cm³/mol. The van der Waals surface area contributed by atoms with Crippen LogP contribution in [0.2, 0.25) is 0 Å². The molecular formula is C38H24IrN2OS2-2. The summed E-state index contributed by atoms with van der Waals surface area (Å²) in [6.07, 6.45) is 1.30. The molecule has 0 aliphatic heterocycles. The average Bonchev–Trinajstić information content (AvgIpc) is 3.79. The summed E-state index contributed by atoms with van der Waals surface area (Å²) in [6.45, 7) is -4.34. The van der Waals surface area contributed by atoms with Gasteiger partial charge in [0.1, 0.15) is 10.4 Å². The third-order valence-electron chi connectivity index (χ3n) is 7.32. The molecule has 0 unspecified atom stereocenters. The Labute approximate surface area is 284 Å². The first-order valence-corrected chi connectivity index (χ1v) is 15.2. The van der Waals surface area contributed by atoms with E-state index in [0.717, 1.165) is 37.3 Å². The summed E-state index contributed by atoms with van der Waals surface area (Å²) < 4.78 is 52.5. The van der Waals surface area contributed by atoms with Crippen LogP contribution in [-0.4, -0.2) is 9.97 Å². The van der Waals surface area contributed by atoms with E-state index in [2.05, 4.69) is 83.8 Å². The quantitative estimate of drug-likeness (QED) is 0.164. The van der Waals surface area contributed by atoms with Crippen LogP contribution in [0.5, 0.6) is 0 Å². The molecular weight excluding hydrogens is 757 g/mol. The van der Waals surface area contributed by atoms with Crippen LogP contribution in [0.1, 0.15) is 19.4 Å². The summed E-state index contributed by atoms with van der Waals surface area (Å²) >= 11 is 3.47. The first kappa shape index (κ1) is 22.3. The third-order valence-corrected chi connectivity index (χ3v) is 9.62. The number of hydrogen-bond acceptors (Lipinski definition) is 5. The molecule has 0 aliphatic carbocycles. The summed E-state index contributed by atoms with van der Waals surface area (Å²) in [7, 11) is 0. The van der Waals surface area contributed by atoms with Crippen LogP contribution in [0, 0.1) is 25.8 Å². The van der Waals surface area contributed by atoms with Gasteiger partial charge in [0, 0.05) is 55.0 Å². The molecule has 0 saturated heterocycles. The van der Waals surface area contributed by atoms with Gasteiger partial charge in [0.15, 0.2) is 0 Å². The van der Waals surface area contributed by atoms with E-state index in [9.17, 15) is 0 Å². The Balaban J connectivity index is 0.000000166. The van der Waals surface area contributed by atoms with Gasteiger partial charge < -0.3 is 9.40 Å². The first-order valence-electron chi connectivity index (χ1n) is 16.6. The Hall–Kier alpha value is -4.19. The number of pyridine rings is 1. The van der Waals surface area contributed by atoms with Gasteiger partial charge in [-0.15, -0.1) is 64.9 Å². The minimum absolute atomic E-state index is 0. The Kier molecular flexibility index (Phi) is 5.95. The van der Waals surface area contributed by atoms with Gasteiger partial charge in [-0.1, -0.05) is 78.5 Å². The van der Waals surface area contributed by atoms with Gasteiger partial charge in [-0.2, -0.15) is 11.3 Å². The maximum absolute atomic E-state index is 7.28. The largest absolute Gasteiger partial charge is 0.501 e. The number of furan rings is 1. The summed E-state index contributed by atoms with van der Waals surface area (Å²) in [6, 6.07) is 39.1. The molecule has 4 heterocycles. The normalized spacial score (nSPS) is 13.8. The number of benzene rings is 5. The number of fused-ring (bicyclic) bond motifs is 8. The van der Waals surface area contributed by atoms with Crippen molar-refractivity contribution in [3.8, 4) is 21.8 Å². The second-order valence-corrected chi connectivity index (χ2v) is 12.1. The first-order chi connectivity index (χ1) is 23.5. The molecule has 6 heteroatoms. The van der Waals surface area contributed by atoms with Crippen LogP contribution >= 0.6 is 22.7 Å². The van der Waals surface area contributed by atoms with E-state index in [4.69, 9.17) is 17.6 Å². The van der Waals surface area contributed by atoms with Crippen molar-refractivity contribution in [2.75, 3.05) is 0 Å². The molecule has 3 nitrogen and oxygen atoms in total. The molecule has 0 saturated carbocycles. The maximum Gasteiger partial charge on any atom is 0.124 e. The number of hydrogen-bond donors (Lipinski definition) is 0. The molecule has 0 spiro atoms. The van der Waals surface area contributed by atoms with E-state index in [-0.39, 0.29) is 31.2 Å². The van der Waals surface area contributed by atoms with Gasteiger partial charge in [-0.05, 0) is 41.0 Å². The topological polar surface area (TPSA) is 38.9 Å². The fourth-order valence-electron chi connectivity index (χ4n) is 5.31. The van der Waals surface area contributed by atoms with Gasteiger partial charge >= 0.3 is 0 Å². The number of nitrogens with zero attached hydrogens (tertiary/aromatic N) is 2. The molecule has 0 aliphatic rings. The molecule has 9 rings (SSSR count). The van der Waals surface area contributed by atoms with E-state index in [1.807, 2.05) is 6.07 Å². The van der Waals surface area contributed by atoms with Crippen LogP contribution in [0.25, 0.3) is 74.2 Å². The van der Waals surface area contributed by atoms with Crippen molar-refractivity contribution >= 4 is 75.0 Å². The zero-order valence-corrected chi connectivity index (χ0v) is 26.9. The van der Waals surface area contributed by atoms with E-state index < -0.39 is 13.7 Å². The molecule has 5 aromatic carbocycles. The van der Waals surface area contributed by atoms with Crippen molar-refractivity contribution in [3.63, 3.8) is 0 Å². The van der Waals surface area contributed by atoms with Gasteiger partial charge in [-0.3, -0.25) is 4.98 Å². The van der Waals surface area contributed by atoms with Gasteiger partial charge in [0.2, 0.25) is 0 Å². The van der Waals surface area contributed by atoms with Gasteiger partial charge in [0.05, 0.1) is 10.3 Å². The summed E-state index contributed by atoms with van der Waals surface area (Å²) in [5.41, 5.74) is 4.26.